The minimum absolute atomic E-state index is 0.0714. The molecule has 1 amide bonds. The molecule has 3 aliphatic rings. The van der Waals surface area contributed by atoms with Crippen LogP contribution < -0.4 is 14.5 Å². The lowest BCUT2D eigenvalue weighted by Gasteiger charge is -2.42. The smallest absolute Gasteiger partial charge is 0.410 e. The number of likely N-dealkylation sites (N-methyl/N-ethyl adjacent to an activating group) is 1. The maximum absolute atomic E-state index is 13.2. The van der Waals surface area contributed by atoms with Gasteiger partial charge in [-0.05, 0) is 56.8 Å². The van der Waals surface area contributed by atoms with Crippen LogP contribution in [0.15, 0.2) is 72.8 Å². The molecule has 48 heavy (non-hydrogen) atoms. The second kappa shape index (κ2) is 13.7. The van der Waals surface area contributed by atoms with E-state index in [9.17, 15) is 10.1 Å². The van der Waals surface area contributed by atoms with Gasteiger partial charge < -0.3 is 24.2 Å². The SMILES string of the molecule is CN1CCC[C@@]1(C)COc1nc2c(c(N3CCN(C(=O)OCc4ccccc4)C(CC#N)C3)n1)CCN(c1cccc3ccccc13)C2. The average molecular weight is 646 g/mol. The predicted octanol–water partition coefficient (Wildman–Crippen LogP) is 5.80. The van der Waals surface area contributed by atoms with Crippen LogP contribution in [0.25, 0.3) is 10.8 Å². The number of amides is 1. The minimum atomic E-state index is -0.396. The van der Waals surface area contributed by atoms with Crippen molar-refractivity contribution in [3.63, 3.8) is 0 Å². The molecule has 0 saturated carbocycles. The standard InChI is InChI=1S/C38H43N7O3/c1-38(18-9-20-42(38)2)27-48-36-40-33-25-43(34-15-8-13-29-12-6-7-14-31(29)34)21-17-32(33)35(41-36)44-22-23-45(30(24-44)16-19-39)37(46)47-26-28-10-4-3-5-11-28/h3-8,10-15,30H,9,16-18,20-27H2,1-2H3/t30?,38-/m0/s1. The normalized spacial score (nSPS) is 21.2. The fourth-order valence-electron chi connectivity index (χ4n) is 7.33. The lowest BCUT2D eigenvalue weighted by atomic mass is 10.0. The molecule has 3 aliphatic heterocycles. The van der Waals surface area contributed by atoms with E-state index in [1.165, 1.54) is 16.5 Å². The summed E-state index contributed by atoms with van der Waals surface area (Å²) < 4.78 is 12.1. The first-order valence-corrected chi connectivity index (χ1v) is 17.0. The Morgan fingerprint density at radius 1 is 0.979 bits per heavy atom. The number of nitrogens with zero attached hydrogens (tertiary/aromatic N) is 7. The zero-order chi connectivity index (χ0) is 33.1. The van der Waals surface area contributed by atoms with Gasteiger partial charge in [0, 0.05) is 42.8 Å². The van der Waals surface area contributed by atoms with Crippen LogP contribution in [0.1, 0.15) is 43.0 Å². The third kappa shape index (κ3) is 6.47. The molecule has 2 saturated heterocycles. The highest BCUT2D eigenvalue weighted by atomic mass is 16.6. The number of carbonyl (C=O) groups is 1. The quantitative estimate of drug-likeness (QED) is 0.236. The van der Waals surface area contributed by atoms with Crippen LogP contribution in [0.3, 0.4) is 0 Å². The van der Waals surface area contributed by atoms with Gasteiger partial charge in [-0.2, -0.15) is 15.2 Å². The number of likely N-dealkylation sites (tertiary alicyclic amines) is 1. The largest absolute Gasteiger partial charge is 0.461 e. The number of rotatable bonds is 8. The molecule has 4 aromatic rings. The van der Waals surface area contributed by atoms with E-state index in [0.717, 1.165) is 55.0 Å². The van der Waals surface area contributed by atoms with Gasteiger partial charge in [0.1, 0.15) is 19.0 Å². The molecule has 0 bridgehead atoms. The zero-order valence-electron chi connectivity index (χ0n) is 27.8. The predicted molar refractivity (Wildman–Crippen MR) is 186 cm³/mol. The average Bonchev–Trinajstić information content (AvgIpc) is 3.46. The highest BCUT2D eigenvalue weighted by Crippen LogP contribution is 2.35. The second-order valence-corrected chi connectivity index (χ2v) is 13.4. The first kappa shape index (κ1) is 31.7. The molecule has 0 radical (unpaired) electrons. The Morgan fingerprint density at radius 2 is 1.79 bits per heavy atom. The number of ether oxygens (including phenoxy) is 2. The lowest BCUT2D eigenvalue weighted by molar-refractivity contribution is 0.0767. The molecule has 0 spiro atoms. The van der Waals surface area contributed by atoms with E-state index < -0.39 is 6.09 Å². The molecular weight excluding hydrogens is 602 g/mol. The van der Waals surface area contributed by atoms with Crippen molar-refractivity contribution in [3.05, 3.63) is 89.6 Å². The van der Waals surface area contributed by atoms with Crippen LogP contribution in [0.2, 0.25) is 0 Å². The van der Waals surface area contributed by atoms with E-state index in [1.807, 2.05) is 30.3 Å². The lowest BCUT2D eigenvalue weighted by Crippen LogP contribution is -2.55. The van der Waals surface area contributed by atoms with Gasteiger partial charge >= 0.3 is 12.1 Å². The molecule has 2 fully saturated rings. The molecule has 248 valence electrons. The zero-order valence-corrected chi connectivity index (χ0v) is 27.8. The summed E-state index contributed by atoms with van der Waals surface area (Å²) in [5, 5.41) is 12.2. The van der Waals surface area contributed by atoms with Gasteiger partial charge in [-0.3, -0.25) is 4.90 Å². The molecule has 2 atom stereocenters. The van der Waals surface area contributed by atoms with Crippen molar-refractivity contribution in [2.24, 2.45) is 0 Å². The van der Waals surface area contributed by atoms with Crippen molar-refractivity contribution >= 4 is 28.4 Å². The summed E-state index contributed by atoms with van der Waals surface area (Å²) in [5.74, 6) is 0.845. The van der Waals surface area contributed by atoms with Crippen LogP contribution in [-0.2, 0) is 24.3 Å². The Labute approximate surface area is 282 Å². The Kier molecular flexibility index (Phi) is 9.04. The molecule has 10 nitrogen and oxygen atoms in total. The Morgan fingerprint density at radius 3 is 2.60 bits per heavy atom. The van der Waals surface area contributed by atoms with Gasteiger partial charge in [0.05, 0.1) is 36.3 Å². The van der Waals surface area contributed by atoms with Gasteiger partial charge in [0.2, 0.25) is 0 Å². The Bertz CT molecular complexity index is 1810. The number of aromatic nitrogens is 2. The van der Waals surface area contributed by atoms with Crippen molar-refractivity contribution in [2.75, 3.05) is 56.2 Å². The number of fused-ring (bicyclic) bond motifs is 2. The summed E-state index contributed by atoms with van der Waals surface area (Å²) in [7, 11) is 2.15. The number of anilines is 2. The van der Waals surface area contributed by atoms with Crippen molar-refractivity contribution < 1.29 is 14.3 Å². The summed E-state index contributed by atoms with van der Waals surface area (Å²) in [6, 6.07) is 26.9. The Hall–Kier alpha value is -4.88. The highest BCUT2D eigenvalue weighted by molar-refractivity contribution is 5.94. The van der Waals surface area contributed by atoms with Crippen molar-refractivity contribution in [1.29, 1.82) is 5.26 Å². The Balaban J connectivity index is 1.16. The van der Waals surface area contributed by atoms with Crippen LogP contribution in [0.5, 0.6) is 6.01 Å². The minimum Gasteiger partial charge on any atom is -0.461 e. The number of hydrogen-bond acceptors (Lipinski definition) is 9. The number of carbonyl (C=O) groups excluding carboxylic acids is 1. The summed E-state index contributed by atoms with van der Waals surface area (Å²) in [4.78, 5) is 32.0. The van der Waals surface area contributed by atoms with E-state index in [4.69, 9.17) is 19.4 Å². The molecule has 7 rings (SSSR count). The molecule has 0 aliphatic carbocycles. The fourth-order valence-corrected chi connectivity index (χ4v) is 7.33. The van der Waals surface area contributed by atoms with Crippen LogP contribution in [0, 0.1) is 11.3 Å². The number of hydrogen-bond donors (Lipinski definition) is 0. The van der Waals surface area contributed by atoms with E-state index in [-0.39, 0.29) is 24.6 Å². The van der Waals surface area contributed by atoms with E-state index in [0.29, 0.717) is 38.8 Å². The summed E-state index contributed by atoms with van der Waals surface area (Å²) in [5.41, 5.74) is 4.12. The van der Waals surface area contributed by atoms with Crippen LogP contribution >= 0.6 is 0 Å². The van der Waals surface area contributed by atoms with Gasteiger partial charge in [0.25, 0.3) is 0 Å². The molecule has 3 aromatic carbocycles. The molecule has 1 unspecified atom stereocenters. The van der Waals surface area contributed by atoms with Crippen LogP contribution in [-0.4, -0.2) is 83.8 Å². The maximum atomic E-state index is 13.2. The van der Waals surface area contributed by atoms with E-state index in [2.05, 4.69) is 77.2 Å². The topological polar surface area (TPSA) is 98.1 Å². The van der Waals surface area contributed by atoms with Gasteiger partial charge in [0.15, 0.2) is 0 Å². The number of piperazine rings is 1. The van der Waals surface area contributed by atoms with Crippen LogP contribution in [0.4, 0.5) is 16.3 Å². The van der Waals surface area contributed by atoms with Gasteiger partial charge in [-0.1, -0.05) is 66.7 Å². The second-order valence-electron chi connectivity index (χ2n) is 13.4. The summed E-state index contributed by atoms with van der Waals surface area (Å²) in [6.07, 6.45) is 2.79. The third-order valence-electron chi connectivity index (χ3n) is 10.3. The molecule has 0 N–H and O–H groups in total. The maximum Gasteiger partial charge on any atom is 0.410 e. The summed E-state index contributed by atoms with van der Waals surface area (Å²) >= 11 is 0. The van der Waals surface area contributed by atoms with Crippen molar-refractivity contribution in [3.8, 4) is 12.1 Å². The van der Waals surface area contributed by atoms with Gasteiger partial charge in [-0.15, -0.1) is 0 Å². The van der Waals surface area contributed by atoms with Crippen molar-refractivity contribution in [2.45, 2.75) is 57.3 Å². The van der Waals surface area contributed by atoms with E-state index >= 15 is 0 Å². The molecule has 4 heterocycles. The highest BCUT2D eigenvalue weighted by Gasteiger charge is 2.37. The monoisotopic (exact) mass is 645 g/mol. The van der Waals surface area contributed by atoms with E-state index in [1.54, 1.807) is 4.90 Å². The third-order valence-corrected chi connectivity index (χ3v) is 10.3. The molecule has 10 heteroatoms. The summed E-state index contributed by atoms with van der Waals surface area (Å²) in [6.45, 7) is 6.93. The number of benzene rings is 3. The molecule has 1 aromatic heterocycles. The first-order valence-electron chi connectivity index (χ1n) is 17.0. The first-order chi connectivity index (χ1) is 23.4. The molecular formula is C38H43N7O3. The van der Waals surface area contributed by atoms with Gasteiger partial charge in [-0.25, -0.2) is 4.79 Å². The number of nitriles is 1. The fraction of sp³-hybridized carbons (Fsp3) is 0.421. The van der Waals surface area contributed by atoms with Crippen molar-refractivity contribution in [1.82, 2.24) is 19.8 Å².